The molecule has 3 nitrogen and oxygen atoms in total. The van der Waals surface area contributed by atoms with E-state index in [1.807, 2.05) is 13.8 Å². The summed E-state index contributed by atoms with van der Waals surface area (Å²) in [4.78, 5) is 4.87. The summed E-state index contributed by atoms with van der Waals surface area (Å²) in [5, 5.41) is 3.81. The van der Waals surface area contributed by atoms with Gasteiger partial charge in [0.25, 0.3) is 0 Å². The lowest BCUT2D eigenvalue weighted by Crippen LogP contribution is -2.17. The summed E-state index contributed by atoms with van der Waals surface area (Å²) in [6.45, 7) is 6.15. The number of oxime groups is 1. The van der Waals surface area contributed by atoms with Crippen LogP contribution in [-0.2, 0) is 9.57 Å². The summed E-state index contributed by atoms with van der Waals surface area (Å²) in [5.74, 6) is 0.389. The highest BCUT2D eigenvalue weighted by Gasteiger charge is 2.18. The second kappa shape index (κ2) is 3.56. The summed E-state index contributed by atoms with van der Waals surface area (Å²) < 4.78 is 5.23. The largest absolute Gasteiger partial charge is 0.395 e. The van der Waals surface area contributed by atoms with E-state index in [1.165, 1.54) is 0 Å². The van der Waals surface area contributed by atoms with Gasteiger partial charge in [0.2, 0.25) is 0 Å². The lowest BCUT2D eigenvalue weighted by molar-refractivity contribution is 0.0912. The average molecular weight is 143 g/mol. The molecule has 0 aromatic rings. The zero-order chi connectivity index (χ0) is 7.40. The molecule has 0 aromatic carbocycles. The first-order valence-corrected chi connectivity index (χ1v) is 3.58. The monoisotopic (exact) mass is 143 g/mol. The lowest BCUT2D eigenvalue weighted by atomic mass is 10.1. The van der Waals surface area contributed by atoms with Gasteiger partial charge in [-0.25, -0.2) is 0 Å². The van der Waals surface area contributed by atoms with E-state index in [-0.39, 0.29) is 0 Å². The third-order valence-corrected chi connectivity index (χ3v) is 1.60. The smallest absolute Gasteiger partial charge is 0.127 e. The first kappa shape index (κ1) is 7.54. The molecule has 1 aliphatic rings. The number of nitrogens with zero attached hydrogens (tertiary/aromatic N) is 1. The van der Waals surface area contributed by atoms with Gasteiger partial charge >= 0.3 is 0 Å². The van der Waals surface area contributed by atoms with Gasteiger partial charge in [-0.05, 0) is 13.8 Å². The fourth-order valence-electron chi connectivity index (χ4n) is 0.853. The van der Waals surface area contributed by atoms with Gasteiger partial charge in [0, 0.05) is 6.61 Å². The van der Waals surface area contributed by atoms with Crippen molar-refractivity contribution in [2.24, 2.45) is 11.1 Å². The standard InChI is InChI=1S/C7H13NO2/c1-3-9-4-7-5-10-8-6(7)2/h7H,3-5H2,1-2H3. The van der Waals surface area contributed by atoms with Crippen LogP contribution < -0.4 is 0 Å². The van der Waals surface area contributed by atoms with E-state index in [2.05, 4.69) is 5.16 Å². The van der Waals surface area contributed by atoms with Crippen LogP contribution in [-0.4, -0.2) is 25.5 Å². The molecule has 0 saturated carbocycles. The second-order valence-corrected chi connectivity index (χ2v) is 2.38. The van der Waals surface area contributed by atoms with Crippen LogP contribution in [0.2, 0.25) is 0 Å². The molecule has 0 saturated heterocycles. The van der Waals surface area contributed by atoms with E-state index < -0.39 is 0 Å². The zero-order valence-electron chi connectivity index (χ0n) is 6.46. The first-order valence-electron chi connectivity index (χ1n) is 3.58. The maximum absolute atomic E-state index is 5.23. The Labute approximate surface area is 61.0 Å². The average Bonchev–Trinajstić information content (AvgIpc) is 2.31. The highest BCUT2D eigenvalue weighted by Crippen LogP contribution is 2.09. The molecule has 0 radical (unpaired) electrons. The van der Waals surface area contributed by atoms with Gasteiger partial charge < -0.3 is 9.57 Å². The highest BCUT2D eigenvalue weighted by molar-refractivity contribution is 5.85. The molecule has 1 unspecified atom stereocenters. The molecule has 0 fully saturated rings. The van der Waals surface area contributed by atoms with E-state index in [4.69, 9.17) is 9.57 Å². The number of hydrogen-bond donors (Lipinski definition) is 0. The SMILES string of the molecule is CCOCC1CON=C1C. The van der Waals surface area contributed by atoms with Crippen molar-refractivity contribution in [1.29, 1.82) is 0 Å². The number of ether oxygens (including phenoxy) is 1. The normalized spacial score (nSPS) is 24.2. The Morgan fingerprint density at radius 2 is 2.60 bits per heavy atom. The van der Waals surface area contributed by atoms with Crippen LogP contribution in [0.5, 0.6) is 0 Å². The van der Waals surface area contributed by atoms with Crippen molar-refractivity contribution in [3.05, 3.63) is 0 Å². The molecule has 0 N–H and O–H groups in total. The Bertz CT molecular complexity index is 134. The van der Waals surface area contributed by atoms with Crippen molar-refractivity contribution in [3.8, 4) is 0 Å². The third kappa shape index (κ3) is 1.70. The summed E-state index contributed by atoms with van der Waals surface area (Å²) in [5.41, 5.74) is 1.05. The third-order valence-electron chi connectivity index (χ3n) is 1.60. The van der Waals surface area contributed by atoms with Gasteiger partial charge in [-0.2, -0.15) is 0 Å². The molecule has 1 atom stereocenters. The van der Waals surface area contributed by atoms with Crippen molar-refractivity contribution < 1.29 is 9.57 Å². The van der Waals surface area contributed by atoms with Crippen LogP contribution in [0.15, 0.2) is 5.16 Å². The Balaban J connectivity index is 2.22. The Morgan fingerprint density at radius 3 is 3.10 bits per heavy atom. The molecular weight excluding hydrogens is 130 g/mol. The van der Waals surface area contributed by atoms with Gasteiger partial charge in [0.1, 0.15) is 6.61 Å². The number of rotatable bonds is 3. The van der Waals surface area contributed by atoms with E-state index in [0.29, 0.717) is 12.5 Å². The molecule has 10 heavy (non-hydrogen) atoms. The van der Waals surface area contributed by atoms with Crippen LogP contribution >= 0.6 is 0 Å². The molecule has 0 aliphatic carbocycles. The zero-order valence-corrected chi connectivity index (χ0v) is 6.46. The molecule has 0 bridgehead atoms. The predicted octanol–water partition coefficient (Wildman–Crippen LogP) is 1.05. The molecule has 0 amide bonds. The molecule has 0 aromatic heterocycles. The summed E-state index contributed by atoms with van der Waals surface area (Å²) in [6.07, 6.45) is 0. The molecule has 3 heteroatoms. The van der Waals surface area contributed by atoms with Gasteiger partial charge in [0.05, 0.1) is 18.2 Å². The second-order valence-electron chi connectivity index (χ2n) is 2.38. The van der Waals surface area contributed by atoms with Crippen LogP contribution in [0, 0.1) is 5.92 Å². The molecule has 1 heterocycles. The van der Waals surface area contributed by atoms with Crippen LogP contribution in [0.3, 0.4) is 0 Å². The van der Waals surface area contributed by atoms with E-state index >= 15 is 0 Å². The molecule has 1 aliphatic heterocycles. The molecule has 1 rings (SSSR count). The van der Waals surface area contributed by atoms with Gasteiger partial charge in [-0.15, -0.1) is 0 Å². The lowest BCUT2D eigenvalue weighted by Gasteiger charge is -2.05. The van der Waals surface area contributed by atoms with E-state index in [1.54, 1.807) is 0 Å². The molecule has 0 spiro atoms. The maximum Gasteiger partial charge on any atom is 0.127 e. The van der Waals surface area contributed by atoms with Crippen molar-refractivity contribution in [2.45, 2.75) is 13.8 Å². The van der Waals surface area contributed by atoms with Crippen molar-refractivity contribution in [3.63, 3.8) is 0 Å². The first-order chi connectivity index (χ1) is 4.84. The minimum Gasteiger partial charge on any atom is -0.395 e. The van der Waals surface area contributed by atoms with Gasteiger partial charge in [0.15, 0.2) is 0 Å². The summed E-state index contributed by atoms with van der Waals surface area (Å²) in [6, 6.07) is 0. The van der Waals surface area contributed by atoms with Crippen molar-refractivity contribution in [1.82, 2.24) is 0 Å². The van der Waals surface area contributed by atoms with Crippen molar-refractivity contribution in [2.75, 3.05) is 19.8 Å². The highest BCUT2D eigenvalue weighted by atomic mass is 16.6. The topological polar surface area (TPSA) is 30.8 Å². The van der Waals surface area contributed by atoms with E-state index in [0.717, 1.165) is 18.9 Å². The van der Waals surface area contributed by atoms with Crippen LogP contribution in [0.25, 0.3) is 0 Å². The maximum atomic E-state index is 5.23. The van der Waals surface area contributed by atoms with E-state index in [9.17, 15) is 0 Å². The predicted molar refractivity (Wildman–Crippen MR) is 39.0 cm³/mol. The Kier molecular flexibility index (Phi) is 2.68. The van der Waals surface area contributed by atoms with Crippen molar-refractivity contribution >= 4 is 5.71 Å². The van der Waals surface area contributed by atoms with Gasteiger partial charge in [-0.1, -0.05) is 5.16 Å². The van der Waals surface area contributed by atoms with Gasteiger partial charge in [-0.3, -0.25) is 0 Å². The summed E-state index contributed by atoms with van der Waals surface area (Å²) >= 11 is 0. The number of hydrogen-bond acceptors (Lipinski definition) is 3. The van der Waals surface area contributed by atoms with Crippen LogP contribution in [0.1, 0.15) is 13.8 Å². The quantitative estimate of drug-likeness (QED) is 0.591. The minimum atomic E-state index is 0.389. The Hall–Kier alpha value is -0.570. The fourth-order valence-corrected chi connectivity index (χ4v) is 0.853. The Morgan fingerprint density at radius 1 is 1.80 bits per heavy atom. The minimum absolute atomic E-state index is 0.389. The van der Waals surface area contributed by atoms with Crippen LogP contribution in [0.4, 0.5) is 0 Å². The summed E-state index contributed by atoms with van der Waals surface area (Å²) in [7, 11) is 0. The fraction of sp³-hybridized carbons (Fsp3) is 0.857. The molecular formula is C7H13NO2. The molecule has 58 valence electrons.